The molecule has 1 N–H and O–H groups in total. The molecule has 3 nitrogen and oxygen atoms in total. The zero-order valence-corrected chi connectivity index (χ0v) is 17.2. The Hall–Kier alpha value is -3.04. The van der Waals surface area contributed by atoms with Gasteiger partial charge < -0.3 is 14.6 Å². The van der Waals surface area contributed by atoms with Gasteiger partial charge in [0.2, 0.25) is 0 Å². The van der Waals surface area contributed by atoms with Crippen LogP contribution in [0.5, 0.6) is 5.75 Å². The largest absolute Gasteiger partial charge is 0.492 e. The van der Waals surface area contributed by atoms with Gasteiger partial charge in [0.15, 0.2) is 0 Å². The van der Waals surface area contributed by atoms with Crippen LogP contribution in [0, 0.1) is 0 Å². The minimum Gasteiger partial charge on any atom is -0.492 e. The third kappa shape index (κ3) is 4.20. The molecular weight excluding hydrogens is 356 g/mol. The predicted octanol–water partition coefficient (Wildman–Crippen LogP) is 6.22. The number of nitrogens with one attached hydrogen (secondary N) is 1. The smallest absolute Gasteiger partial charge is 0.119 e. The van der Waals surface area contributed by atoms with Gasteiger partial charge in [-0.3, -0.25) is 0 Å². The number of likely N-dealkylation sites (N-methyl/N-ethyl adjacent to an activating group) is 1. The van der Waals surface area contributed by atoms with Crippen molar-refractivity contribution >= 4 is 10.9 Å². The Balaban J connectivity index is 1.62. The number of H-pyrrole nitrogens is 1. The number of hydrogen-bond donors (Lipinski definition) is 1. The zero-order chi connectivity index (χ0) is 20.1. The van der Waals surface area contributed by atoms with Crippen molar-refractivity contribution < 1.29 is 4.74 Å². The highest BCUT2D eigenvalue weighted by molar-refractivity contribution is 6.03. The van der Waals surface area contributed by atoms with Crippen LogP contribution in [-0.2, 0) is 0 Å². The summed E-state index contributed by atoms with van der Waals surface area (Å²) in [6, 6.07) is 27.5. The Morgan fingerprint density at radius 1 is 0.759 bits per heavy atom. The lowest BCUT2D eigenvalue weighted by Crippen LogP contribution is -2.27. The van der Waals surface area contributed by atoms with Crippen molar-refractivity contribution in [1.82, 2.24) is 9.88 Å². The van der Waals surface area contributed by atoms with Gasteiger partial charge in [0.25, 0.3) is 0 Å². The number of para-hydroxylation sites is 1. The van der Waals surface area contributed by atoms with E-state index in [1.54, 1.807) is 0 Å². The van der Waals surface area contributed by atoms with E-state index < -0.39 is 0 Å². The molecular formula is C26H28N2O. The molecule has 0 bridgehead atoms. The second kappa shape index (κ2) is 8.97. The lowest BCUT2D eigenvalue weighted by atomic mass is 9.98. The van der Waals surface area contributed by atoms with Crippen LogP contribution in [0.15, 0.2) is 78.9 Å². The summed E-state index contributed by atoms with van der Waals surface area (Å²) < 4.78 is 5.95. The van der Waals surface area contributed by atoms with Crippen LogP contribution in [0.3, 0.4) is 0 Å². The van der Waals surface area contributed by atoms with Gasteiger partial charge in [0.05, 0.1) is 5.69 Å². The van der Waals surface area contributed by atoms with E-state index in [1.807, 2.05) is 0 Å². The number of nitrogens with zero attached hydrogens (tertiary/aromatic N) is 1. The first-order valence-corrected chi connectivity index (χ1v) is 10.4. The molecule has 0 aliphatic heterocycles. The fourth-order valence-corrected chi connectivity index (χ4v) is 3.81. The van der Waals surface area contributed by atoms with Gasteiger partial charge in [0, 0.05) is 23.0 Å². The van der Waals surface area contributed by atoms with E-state index in [0.717, 1.165) is 42.2 Å². The summed E-state index contributed by atoms with van der Waals surface area (Å²) in [6.07, 6.45) is 0. The monoisotopic (exact) mass is 384 g/mol. The van der Waals surface area contributed by atoms with E-state index >= 15 is 0 Å². The van der Waals surface area contributed by atoms with Gasteiger partial charge in [-0.15, -0.1) is 0 Å². The topological polar surface area (TPSA) is 28.3 Å². The number of fused-ring (bicyclic) bond motifs is 1. The molecule has 0 aliphatic carbocycles. The summed E-state index contributed by atoms with van der Waals surface area (Å²) in [5, 5.41) is 1.24. The van der Waals surface area contributed by atoms with Crippen LogP contribution < -0.4 is 4.74 Å². The third-order valence-electron chi connectivity index (χ3n) is 5.48. The van der Waals surface area contributed by atoms with Gasteiger partial charge >= 0.3 is 0 Å². The van der Waals surface area contributed by atoms with Gasteiger partial charge in [-0.05, 0) is 54.5 Å². The van der Waals surface area contributed by atoms with E-state index in [2.05, 4.69) is 103 Å². The quantitative estimate of drug-likeness (QED) is 0.390. The fourth-order valence-electron chi connectivity index (χ4n) is 3.81. The highest BCUT2D eigenvalue weighted by Gasteiger charge is 2.14. The molecule has 0 atom stereocenters. The molecule has 0 saturated heterocycles. The summed E-state index contributed by atoms with van der Waals surface area (Å²) in [4.78, 5) is 5.99. The van der Waals surface area contributed by atoms with Crippen molar-refractivity contribution in [1.29, 1.82) is 0 Å². The number of hydrogen-bond acceptors (Lipinski definition) is 2. The third-order valence-corrected chi connectivity index (χ3v) is 5.48. The molecule has 0 radical (unpaired) electrons. The first kappa shape index (κ1) is 19.3. The summed E-state index contributed by atoms with van der Waals surface area (Å²) >= 11 is 0. The van der Waals surface area contributed by atoms with Crippen LogP contribution >= 0.6 is 0 Å². The SMILES string of the molecule is CCN(CC)CCOc1ccc(-c2[nH]c3ccccc3c2-c2ccccc2)cc1. The standard InChI is InChI=1S/C26H28N2O/c1-3-28(4-2)18-19-29-22-16-14-21(15-17-22)26-25(20-10-6-5-7-11-20)23-12-8-9-13-24(23)27-26/h5-17,27H,3-4,18-19H2,1-2H3. The Labute approximate surface area is 172 Å². The average molecular weight is 385 g/mol. The van der Waals surface area contributed by atoms with Crippen molar-refractivity contribution in [2.24, 2.45) is 0 Å². The number of aromatic nitrogens is 1. The van der Waals surface area contributed by atoms with Crippen molar-refractivity contribution in [3.05, 3.63) is 78.9 Å². The first-order chi connectivity index (χ1) is 14.3. The lowest BCUT2D eigenvalue weighted by molar-refractivity contribution is 0.223. The maximum atomic E-state index is 5.95. The molecule has 1 aromatic heterocycles. The first-order valence-electron chi connectivity index (χ1n) is 10.4. The minimum absolute atomic E-state index is 0.711. The predicted molar refractivity (Wildman–Crippen MR) is 122 cm³/mol. The molecule has 4 rings (SSSR count). The van der Waals surface area contributed by atoms with E-state index in [-0.39, 0.29) is 0 Å². The van der Waals surface area contributed by atoms with Crippen LogP contribution in [0.1, 0.15) is 13.8 Å². The Kier molecular flexibility index (Phi) is 5.97. The highest BCUT2D eigenvalue weighted by atomic mass is 16.5. The highest BCUT2D eigenvalue weighted by Crippen LogP contribution is 2.38. The Morgan fingerprint density at radius 3 is 2.17 bits per heavy atom. The zero-order valence-electron chi connectivity index (χ0n) is 17.2. The van der Waals surface area contributed by atoms with Crippen LogP contribution in [0.4, 0.5) is 0 Å². The Bertz CT molecular complexity index is 1050. The lowest BCUT2D eigenvalue weighted by Gasteiger charge is -2.18. The maximum absolute atomic E-state index is 5.95. The summed E-state index contributed by atoms with van der Waals surface area (Å²) in [5.74, 6) is 0.915. The summed E-state index contributed by atoms with van der Waals surface area (Å²) in [7, 11) is 0. The van der Waals surface area contributed by atoms with E-state index in [1.165, 1.54) is 16.5 Å². The molecule has 3 heteroatoms. The molecule has 0 unspecified atom stereocenters. The maximum Gasteiger partial charge on any atom is 0.119 e. The van der Waals surface area contributed by atoms with Crippen LogP contribution in [0.25, 0.3) is 33.3 Å². The van der Waals surface area contributed by atoms with E-state index in [4.69, 9.17) is 4.74 Å². The van der Waals surface area contributed by atoms with E-state index in [0.29, 0.717) is 6.61 Å². The molecule has 0 amide bonds. The second-order valence-corrected chi connectivity index (χ2v) is 7.19. The van der Waals surface area contributed by atoms with Crippen LogP contribution in [0.2, 0.25) is 0 Å². The molecule has 0 spiro atoms. The molecule has 148 valence electrons. The fraction of sp³-hybridized carbons (Fsp3) is 0.231. The number of benzene rings is 3. The minimum atomic E-state index is 0.711. The molecule has 0 fully saturated rings. The second-order valence-electron chi connectivity index (χ2n) is 7.19. The number of rotatable bonds is 8. The van der Waals surface area contributed by atoms with Crippen molar-refractivity contribution in [3.8, 4) is 28.1 Å². The van der Waals surface area contributed by atoms with E-state index in [9.17, 15) is 0 Å². The molecule has 4 aromatic rings. The normalized spacial score (nSPS) is 11.3. The summed E-state index contributed by atoms with van der Waals surface area (Å²) in [5.41, 5.74) is 5.93. The van der Waals surface area contributed by atoms with Gasteiger partial charge in [0.1, 0.15) is 12.4 Å². The molecule has 1 heterocycles. The summed E-state index contributed by atoms with van der Waals surface area (Å²) in [6.45, 7) is 8.15. The van der Waals surface area contributed by atoms with Gasteiger partial charge in [-0.1, -0.05) is 62.4 Å². The van der Waals surface area contributed by atoms with Gasteiger partial charge in [-0.2, -0.15) is 0 Å². The van der Waals surface area contributed by atoms with Crippen molar-refractivity contribution in [2.45, 2.75) is 13.8 Å². The molecule has 3 aromatic carbocycles. The van der Waals surface area contributed by atoms with Crippen molar-refractivity contribution in [2.75, 3.05) is 26.2 Å². The average Bonchev–Trinajstić information content (AvgIpc) is 3.17. The Morgan fingerprint density at radius 2 is 1.45 bits per heavy atom. The van der Waals surface area contributed by atoms with Gasteiger partial charge in [-0.25, -0.2) is 0 Å². The number of ether oxygens (including phenoxy) is 1. The number of aromatic amines is 1. The molecule has 29 heavy (non-hydrogen) atoms. The molecule has 0 aliphatic rings. The van der Waals surface area contributed by atoms with Crippen molar-refractivity contribution in [3.63, 3.8) is 0 Å². The molecule has 0 saturated carbocycles. The van der Waals surface area contributed by atoms with Crippen LogP contribution in [-0.4, -0.2) is 36.1 Å².